The normalized spacial score (nSPS) is 11.7. The Kier molecular flexibility index (Phi) is 7.61. The van der Waals surface area contributed by atoms with Crippen molar-refractivity contribution in [2.75, 3.05) is 19.7 Å². The van der Waals surface area contributed by atoms with Gasteiger partial charge in [-0.3, -0.25) is 4.79 Å². The van der Waals surface area contributed by atoms with E-state index in [0.29, 0.717) is 32.5 Å². The number of hydrogen-bond donors (Lipinski definition) is 0. The van der Waals surface area contributed by atoms with Crippen LogP contribution in [-0.4, -0.2) is 30.5 Å². The molecule has 0 fully saturated rings. The number of ether oxygens (including phenoxy) is 1. The zero-order chi connectivity index (χ0) is 17.4. The molecule has 0 aromatic heterocycles. The van der Waals surface area contributed by atoms with E-state index in [4.69, 9.17) is 4.74 Å². The van der Waals surface area contributed by atoms with Gasteiger partial charge in [-0.25, -0.2) is 0 Å². The minimum absolute atomic E-state index is 0.0691. The third kappa shape index (κ3) is 4.99. The van der Waals surface area contributed by atoms with Gasteiger partial charge in [-0.2, -0.15) is 5.26 Å². The molecular formula is C19H28N2O2. The molecule has 1 aromatic carbocycles. The lowest BCUT2D eigenvalue weighted by atomic mass is 10.0. The van der Waals surface area contributed by atoms with Crippen LogP contribution >= 0.6 is 0 Å². The monoisotopic (exact) mass is 316 g/mol. The van der Waals surface area contributed by atoms with Gasteiger partial charge >= 0.3 is 0 Å². The molecule has 0 saturated heterocycles. The average molecular weight is 316 g/mol. The maximum absolute atomic E-state index is 12.2. The highest BCUT2D eigenvalue weighted by atomic mass is 16.5. The van der Waals surface area contributed by atoms with Crippen LogP contribution in [0.5, 0.6) is 5.75 Å². The summed E-state index contributed by atoms with van der Waals surface area (Å²) in [4.78, 5) is 13.9. The molecule has 4 heteroatoms. The second-order valence-electron chi connectivity index (χ2n) is 5.84. The lowest BCUT2D eigenvalue weighted by Crippen LogP contribution is -2.35. The molecule has 0 spiro atoms. The summed E-state index contributed by atoms with van der Waals surface area (Å²) in [5, 5.41) is 9.24. The molecule has 0 bridgehead atoms. The Bertz CT molecular complexity index is 571. The number of nitrogens with zero attached hydrogens (tertiary/aromatic N) is 2. The Labute approximate surface area is 140 Å². The Morgan fingerprint density at radius 1 is 1.22 bits per heavy atom. The lowest BCUT2D eigenvalue weighted by molar-refractivity contribution is -0.133. The third-order valence-electron chi connectivity index (χ3n) is 4.29. The number of amides is 1. The van der Waals surface area contributed by atoms with Crippen molar-refractivity contribution in [3.05, 3.63) is 28.8 Å². The van der Waals surface area contributed by atoms with Crippen molar-refractivity contribution in [3.63, 3.8) is 0 Å². The van der Waals surface area contributed by atoms with Crippen molar-refractivity contribution >= 4 is 5.91 Å². The summed E-state index contributed by atoms with van der Waals surface area (Å²) in [5.41, 5.74) is 3.47. The van der Waals surface area contributed by atoms with Crippen LogP contribution in [0, 0.1) is 38.0 Å². The zero-order valence-corrected chi connectivity index (χ0v) is 15.0. The highest BCUT2D eigenvalue weighted by Gasteiger charge is 2.21. The first kappa shape index (κ1) is 19.0. The minimum Gasteiger partial charge on any atom is -0.493 e. The number of carbonyl (C=O) groups is 1. The van der Waals surface area contributed by atoms with Crippen molar-refractivity contribution in [3.8, 4) is 11.8 Å². The molecule has 0 heterocycles. The van der Waals surface area contributed by atoms with Gasteiger partial charge < -0.3 is 9.64 Å². The molecule has 0 aliphatic rings. The van der Waals surface area contributed by atoms with Crippen molar-refractivity contribution in [2.24, 2.45) is 5.92 Å². The average Bonchev–Trinajstić information content (AvgIpc) is 2.55. The molecule has 0 N–H and O–H groups in total. The Morgan fingerprint density at radius 2 is 1.83 bits per heavy atom. The van der Waals surface area contributed by atoms with Crippen molar-refractivity contribution < 1.29 is 9.53 Å². The summed E-state index contributed by atoms with van der Waals surface area (Å²) in [6, 6.07) is 6.28. The molecule has 1 aromatic rings. The van der Waals surface area contributed by atoms with Crippen LogP contribution in [-0.2, 0) is 4.79 Å². The molecule has 23 heavy (non-hydrogen) atoms. The molecule has 0 aliphatic heterocycles. The number of aryl methyl sites for hydroxylation is 2. The van der Waals surface area contributed by atoms with Gasteiger partial charge in [0.05, 0.1) is 12.7 Å². The van der Waals surface area contributed by atoms with Crippen LogP contribution in [0.25, 0.3) is 0 Å². The first-order valence-corrected chi connectivity index (χ1v) is 8.34. The molecular weight excluding hydrogens is 288 g/mol. The quantitative estimate of drug-likeness (QED) is 0.686. The van der Waals surface area contributed by atoms with E-state index in [1.54, 1.807) is 4.90 Å². The highest BCUT2D eigenvalue weighted by molar-refractivity contribution is 5.81. The summed E-state index contributed by atoms with van der Waals surface area (Å²) < 4.78 is 5.90. The zero-order valence-electron chi connectivity index (χ0n) is 15.0. The molecule has 0 saturated carbocycles. The molecule has 126 valence electrons. The van der Waals surface area contributed by atoms with E-state index in [1.807, 2.05) is 20.8 Å². The standard InChI is InChI=1S/C19H28N2O2/c1-6-21(7-2)19(22)17(13-20)9-8-12-23-18-15(4)11-10-14(3)16(18)5/h10-11,17H,6-9,12H2,1-5H3. The fourth-order valence-corrected chi connectivity index (χ4v) is 2.61. The van der Waals surface area contributed by atoms with Gasteiger partial charge in [0, 0.05) is 13.1 Å². The lowest BCUT2D eigenvalue weighted by Gasteiger charge is -2.21. The SMILES string of the molecule is CCN(CC)C(=O)C(C#N)CCCOc1c(C)ccc(C)c1C. The predicted octanol–water partition coefficient (Wildman–Crippen LogP) is 3.78. The van der Waals surface area contributed by atoms with Gasteiger partial charge in [-0.1, -0.05) is 12.1 Å². The maximum atomic E-state index is 12.2. The second kappa shape index (κ2) is 9.19. The Morgan fingerprint density at radius 3 is 2.39 bits per heavy atom. The van der Waals surface area contributed by atoms with E-state index in [2.05, 4.69) is 32.0 Å². The first-order chi connectivity index (χ1) is 11.0. The number of nitriles is 1. The topological polar surface area (TPSA) is 53.3 Å². The van der Waals surface area contributed by atoms with Crippen LogP contribution in [0.4, 0.5) is 0 Å². The fourth-order valence-electron chi connectivity index (χ4n) is 2.61. The fraction of sp³-hybridized carbons (Fsp3) is 0.579. The molecule has 1 amide bonds. The van der Waals surface area contributed by atoms with Crippen molar-refractivity contribution in [1.29, 1.82) is 5.26 Å². The van der Waals surface area contributed by atoms with E-state index in [1.165, 1.54) is 5.56 Å². The van der Waals surface area contributed by atoms with Crippen molar-refractivity contribution in [1.82, 2.24) is 4.90 Å². The molecule has 1 atom stereocenters. The predicted molar refractivity (Wildman–Crippen MR) is 92.4 cm³/mol. The first-order valence-electron chi connectivity index (χ1n) is 8.34. The summed E-state index contributed by atoms with van der Waals surface area (Å²) >= 11 is 0. The van der Waals surface area contributed by atoms with Gasteiger partial charge in [0.25, 0.3) is 0 Å². The van der Waals surface area contributed by atoms with Crippen LogP contribution in [0.1, 0.15) is 43.4 Å². The molecule has 1 unspecified atom stereocenters. The van der Waals surface area contributed by atoms with E-state index < -0.39 is 5.92 Å². The van der Waals surface area contributed by atoms with Crippen LogP contribution in [0.2, 0.25) is 0 Å². The summed E-state index contributed by atoms with van der Waals surface area (Å²) in [7, 11) is 0. The number of benzene rings is 1. The van der Waals surface area contributed by atoms with Crippen LogP contribution in [0.15, 0.2) is 12.1 Å². The van der Waals surface area contributed by atoms with E-state index in [9.17, 15) is 10.1 Å². The third-order valence-corrected chi connectivity index (χ3v) is 4.29. The number of hydrogen-bond acceptors (Lipinski definition) is 3. The van der Waals surface area contributed by atoms with Gasteiger partial charge in [0.2, 0.25) is 5.91 Å². The van der Waals surface area contributed by atoms with Gasteiger partial charge in [0.15, 0.2) is 0 Å². The second-order valence-corrected chi connectivity index (χ2v) is 5.84. The maximum Gasteiger partial charge on any atom is 0.239 e. The largest absolute Gasteiger partial charge is 0.493 e. The highest BCUT2D eigenvalue weighted by Crippen LogP contribution is 2.26. The van der Waals surface area contributed by atoms with E-state index in [-0.39, 0.29) is 5.91 Å². The summed E-state index contributed by atoms with van der Waals surface area (Å²) in [6.07, 6.45) is 1.23. The van der Waals surface area contributed by atoms with Crippen molar-refractivity contribution in [2.45, 2.75) is 47.5 Å². The Hall–Kier alpha value is -2.02. The smallest absolute Gasteiger partial charge is 0.239 e. The molecule has 1 rings (SSSR count). The Balaban J connectivity index is 2.55. The number of rotatable bonds is 8. The van der Waals surface area contributed by atoms with Crippen LogP contribution in [0.3, 0.4) is 0 Å². The summed E-state index contributed by atoms with van der Waals surface area (Å²) in [5.74, 6) is 0.284. The van der Waals surface area contributed by atoms with E-state index >= 15 is 0 Å². The van der Waals surface area contributed by atoms with Crippen LogP contribution < -0.4 is 4.74 Å². The van der Waals surface area contributed by atoms with Gasteiger partial charge in [-0.15, -0.1) is 0 Å². The van der Waals surface area contributed by atoms with Gasteiger partial charge in [-0.05, 0) is 64.2 Å². The van der Waals surface area contributed by atoms with E-state index in [0.717, 1.165) is 16.9 Å². The summed E-state index contributed by atoms with van der Waals surface area (Å²) in [6.45, 7) is 11.8. The number of carbonyl (C=O) groups excluding carboxylic acids is 1. The minimum atomic E-state index is -0.571. The molecule has 4 nitrogen and oxygen atoms in total. The molecule has 0 aliphatic carbocycles. The van der Waals surface area contributed by atoms with Gasteiger partial charge in [0.1, 0.15) is 11.7 Å². The molecule has 0 radical (unpaired) electrons.